The predicted octanol–water partition coefficient (Wildman–Crippen LogP) is 3.13. The molecular formula is C12H16Cl2N2O2. The highest BCUT2D eigenvalue weighted by molar-refractivity contribution is 6.42. The summed E-state index contributed by atoms with van der Waals surface area (Å²) in [4.78, 5) is 11.7. The Bertz CT molecular complexity index is 425. The van der Waals surface area contributed by atoms with Crippen LogP contribution in [0.2, 0.25) is 10.0 Å². The number of anilines is 1. The van der Waals surface area contributed by atoms with E-state index in [0.717, 1.165) is 0 Å². The number of aliphatic hydroxyl groups excluding tert-OH is 1. The van der Waals surface area contributed by atoms with Crippen molar-refractivity contribution < 1.29 is 9.90 Å². The number of hydrogen-bond acceptors (Lipinski definition) is 2. The topological polar surface area (TPSA) is 61.4 Å². The number of nitrogens with one attached hydrogen (secondary N) is 2. The third kappa shape index (κ3) is 4.37. The second-order valence-corrected chi connectivity index (χ2v) is 5.07. The normalized spacial score (nSPS) is 12.3. The lowest BCUT2D eigenvalue weighted by molar-refractivity contribution is 0.204. The van der Waals surface area contributed by atoms with Gasteiger partial charge in [0, 0.05) is 5.69 Å². The van der Waals surface area contributed by atoms with Gasteiger partial charge < -0.3 is 15.7 Å². The largest absolute Gasteiger partial charge is 0.394 e. The molecule has 1 atom stereocenters. The molecule has 3 N–H and O–H groups in total. The molecule has 0 aliphatic heterocycles. The minimum atomic E-state index is -0.388. The molecule has 1 rings (SSSR count). The Labute approximate surface area is 116 Å². The summed E-state index contributed by atoms with van der Waals surface area (Å²) in [5, 5.41) is 15.2. The molecule has 0 aliphatic rings. The van der Waals surface area contributed by atoms with Crippen LogP contribution < -0.4 is 10.6 Å². The van der Waals surface area contributed by atoms with E-state index in [4.69, 9.17) is 28.3 Å². The van der Waals surface area contributed by atoms with E-state index in [9.17, 15) is 4.79 Å². The Morgan fingerprint density at radius 1 is 1.33 bits per heavy atom. The molecule has 0 saturated carbocycles. The monoisotopic (exact) mass is 290 g/mol. The fourth-order valence-corrected chi connectivity index (χ4v) is 1.63. The van der Waals surface area contributed by atoms with Crippen LogP contribution in [0.4, 0.5) is 10.5 Å². The summed E-state index contributed by atoms with van der Waals surface area (Å²) in [6.07, 6.45) is 0. The number of rotatable bonds is 4. The van der Waals surface area contributed by atoms with Crippen molar-refractivity contribution in [2.45, 2.75) is 19.9 Å². The van der Waals surface area contributed by atoms with Crippen molar-refractivity contribution in [3.63, 3.8) is 0 Å². The summed E-state index contributed by atoms with van der Waals surface area (Å²) in [5.41, 5.74) is 0.544. The molecule has 0 heterocycles. The fraction of sp³-hybridized carbons (Fsp3) is 0.417. The second kappa shape index (κ2) is 6.83. The minimum absolute atomic E-state index is 0.105. The first-order chi connectivity index (χ1) is 8.43. The number of amides is 2. The average molecular weight is 291 g/mol. The molecule has 18 heavy (non-hydrogen) atoms. The van der Waals surface area contributed by atoms with Crippen molar-refractivity contribution >= 4 is 34.9 Å². The molecular weight excluding hydrogens is 275 g/mol. The van der Waals surface area contributed by atoms with E-state index in [1.54, 1.807) is 18.2 Å². The van der Waals surface area contributed by atoms with Crippen LogP contribution in [0.3, 0.4) is 0 Å². The highest BCUT2D eigenvalue weighted by Gasteiger charge is 2.15. The molecule has 0 radical (unpaired) electrons. The van der Waals surface area contributed by atoms with Gasteiger partial charge in [0.1, 0.15) is 0 Å². The van der Waals surface area contributed by atoms with Gasteiger partial charge in [-0.1, -0.05) is 37.0 Å². The highest BCUT2D eigenvalue weighted by atomic mass is 35.5. The van der Waals surface area contributed by atoms with Crippen LogP contribution in [0.25, 0.3) is 0 Å². The lowest BCUT2D eigenvalue weighted by Gasteiger charge is -2.20. The first-order valence-corrected chi connectivity index (χ1v) is 6.33. The standard InChI is InChI=1S/C12H16Cl2N2O2/c1-7(2)11(6-17)16-12(18)15-8-3-4-9(13)10(14)5-8/h3-5,7,11,17H,6H2,1-2H3,(H2,15,16,18)/t11-/m1/s1. The number of aliphatic hydroxyl groups is 1. The Kier molecular flexibility index (Phi) is 5.72. The van der Waals surface area contributed by atoms with Gasteiger partial charge in [0.2, 0.25) is 0 Å². The maximum Gasteiger partial charge on any atom is 0.319 e. The Balaban J connectivity index is 2.61. The van der Waals surface area contributed by atoms with Gasteiger partial charge in [-0.25, -0.2) is 4.79 Å². The van der Waals surface area contributed by atoms with E-state index in [-0.39, 0.29) is 24.6 Å². The van der Waals surface area contributed by atoms with E-state index in [0.29, 0.717) is 15.7 Å². The summed E-state index contributed by atoms with van der Waals surface area (Å²) < 4.78 is 0. The fourth-order valence-electron chi connectivity index (χ4n) is 1.33. The summed E-state index contributed by atoms with van der Waals surface area (Å²) in [6.45, 7) is 3.73. The zero-order valence-electron chi connectivity index (χ0n) is 10.2. The molecule has 0 aromatic heterocycles. The first kappa shape index (κ1) is 15.1. The van der Waals surface area contributed by atoms with Crippen molar-refractivity contribution in [3.05, 3.63) is 28.2 Å². The van der Waals surface area contributed by atoms with Gasteiger partial charge in [0.15, 0.2) is 0 Å². The molecule has 6 heteroatoms. The summed E-state index contributed by atoms with van der Waals surface area (Å²) in [7, 11) is 0. The van der Waals surface area contributed by atoms with Gasteiger partial charge in [0.05, 0.1) is 22.7 Å². The molecule has 1 aromatic rings. The van der Waals surface area contributed by atoms with Crippen molar-refractivity contribution in [3.8, 4) is 0 Å². The number of benzene rings is 1. The third-order valence-corrected chi connectivity index (χ3v) is 3.23. The second-order valence-electron chi connectivity index (χ2n) is 4.26. The number of halogens is 2. The van der Waals surface area contributed by atoms with E-state index in [1.165, 1.54) is 0 Å². The molecule has 0 bridgehead atoms. The molecule has 1 aromatic carbocycles. The third-order valence-electron chi connectivity index (χ3n) is 2.50. The molecule has 0 spiro atoms. The van der Waals surface area contributed by atoms with Crippen LogP contribution in [0, 0.1) is 5.92 Å². The smallest absolute Gasteiger partial charge is 0.319 e. The molecule has 4 nitrogen and oxygen atoms in total. The lowest BCUT2D eigenvalue weighted by Crippen LogP contribution is -2.43. The quantitative estimate of drug-likeness (QED) is 0.798. The van der Waals surface area contributed by atoms with E-state index in [1.807, 2.05) is 13.8 Å². The highest BCUT2D eigenvalue weighted by Crippen LogP contribution is 2.24. The maximum atomic E-state index is 11.7. The van der Waals surface area contributed by atoms with Crippen LogP contribution in [0.1, 0.15) is 13.8 Å². The minimum Gasteiger partial charge on any atom is -0.394 e. The Morgan fingerprint density at radius 3 is 2.50 bits per heavy atom. The SMILES string of the molecule is CC(C)[C@@H](CO)NC(=O)Nc1ccc(Cl)c(Cl)c1. The average Bonchev–Trinajstić information content (AvgIpc) is 2.30. The van der Waals surface area contributed by atoms with Gasteiger partial charge in [-0.15, -0.1) is 0 Å². The molecule has 0 fully saturated rings. The molecule has 0 unspecified atom stereocenters. The summed E-state index contributed by atoms with van der Waals surface area (Å²) >= 11 is 11.6. The summed E-state index contributed by atoms with van der Waals surface area (Å²) in [5.74, 6) is 0.148. The molecule has 2 amide bonds. The van der Waals surface area contributed by atoms with Gasteiger partial charge in [-0.3, -0.25) is 0 Å². The van der Waals surface area contributed by atoms with Gasteiger partial charge in [0.25, 0.3) is 0 Å². The summed E-state index contributed by atoms with van der Waals surface area (Å²) in [6, 6.07) is 4.14. The van der Waals surface area contributed by atoms with Crippen molar-refractivity contribution in [2.24, 2.45) is 5.92 Å². The van der Waals surface area contributed by atoms with E-state index >= 15 is 0 Å². The van der Waals surface area contributed by atoms with Crippen LogP contribution in [0.15, 0.2) is 18.2 Å². The van der Waals surface area contributed by atoms with Crippen LogP contribution in [-0.4, -0.2) is 23.8 Å². The van der Waals surface area contributed by atoms with E-state index < -0.39 is 0 Å². The molecule has 0 saturated heterocycles. The number of carbonyl (C=O) groups excluding carboxylic acids is 1. The molecule has 100 valence electrons. The number of hydrogen-bond donors (Lipinski definition) is 3. The van der Waals surface area contributed by atoms with Crippen LogP contribution in [-0.2, 0) is 0 Å². The molecule has 0 aliphatic carbocycles. The zero-order valence-corrected chi connectivity index (χ0v) is 11.7. The first-order valence-electron chi connectivity index (χ1n) is 5.57. The Hall–Kier alpha value is -0.970. The van der Waals surface area contributed by atoms with Gasteiger partial charge >= 0.3 is 6.03 Å². The van der Waals surface area contributed by atoms with Crippen LogP contribution in [0.5, 0.6) is 0 Å². The van der Waals surface area contributed by atoms with Crippen molar-refractivity contribution in [2.75, 3.05) is 11.9 Å². The van der Waals surface area contributed by atoms with Gasteiger partial charge in [-0.05, 0) is 24.1 Å². The zero-order chi connectivity index (χ0) is 13.7. The van der Waals surface area contributed by atoms with Crippen molar-refractivity contribution in [1.82, 2.24) is 5.32 Å². The number of urea groups is 1. The predicted molar refractivity (Wildman–Crippen MR) is 74.3 cm³/mol. The van der Waals surface area contributed by atoms with Crippen molar-refractivity contribution in [1.29, 1.82) is 0 Å². The lowest BCUT2D eigenvalue weighted by atomic mass is 10.1. The Morgan fingerprint density at radius 2 is 2.00 bits per heavy atom. The van der Waals surface area contributed by atoms with E-state index in [2.05, 4.69) is 10.6 Å². The maximum absolute atomic E-state index is 11.7. The van der Waals surface area contributed by atoms with Crippen LogP contribution >= 0.6 is 23.2 Å². The number of carbonyl (C=O) groups is 1. The van der Waals surface area contributed by atoms with Gasteiger partial charge in [-0.2, -0.15) is 0 Å².